The Bertz CT molecular complexity index is 785. The summed E-state index contributed by atoms with van der Waals surface area (Å²) in [6.07, 6.45) is 2.85. The van der Waals surface area contributed by atoms with E-state index in [0.717, 1.165) is 30.8 Å². The summed E-state index contributed by atoms with van der Waals surface area (Å²) >= 11 is 5.39. The van der Waals surface area contributed by atoms with E-state index in [9.17, 15) is 0 Å². The number of hydrogen-bond donors (Lipinski definition) is 1. The molecule has 0 atom stereocenters. The number of nitrogens with zero attached hydrogens (tertiary/aromatic N) is 2. The molecular weight excluding hydrogens is 290 g/mol. The molecule has 0 aliphatic heterocycles. The molecule has 1 N–H and O–H groups in total. The van der Waals surface area contributed by atoms with E-state index in [1.165, 1.54) is 11.1 Å². The Morgan fingerprint density at radius 1 is 0.955 bits per heavy atom. The summed E-state index contributed by atoms with van der Waals surface area (Å²) < 4.78 is 2.67. The molecule has 1 aromatic heterocycles. The Kier molecular flexibility index (Phi) is 4.49. The van der Waals surface area contributed by atoms with Crippen molar-refractivity contribution in [2.75, 3.05) is 0 Å². The smallest absolute Gasteiger partial charge is 0.199 e. The Labute approximate surface area is 135 Å². The maximum atomic E-state index is 5.39. The van der Waals surface area contributed by atoms with E-state index in [-0.39, 0.29) is 0 Å². The lowest BCUT2D eigenvalue weighted by Gasteiger charge is -2.08. The molecule has 0 saturated carbocycles. The van der Waals surface area contributed by atoms with Crippen LogP contribution in [-0.2, 0) is 19.3 Å². The van der Waals surface area contributed by atoms with Crippen LogP contribution in [0.25, 0.3) is 5.69 Å². The zero-order valence-electron chi connectivity index (χ0n) is 12.6. The summed E-state index contributed by atoms with van der Waals surface area (Å²) in [5.74, 6) is 0.970. The number of hydrogen-bond acceptors (Lipinski definition) is 2. The van der Waals surface area contributed by atoms with E-state index in [1.54, 1.807) is 0 Å². The van der Waals surface area contributed by atoms with Crippen molar-refractivity contribution in [2.24, 2.45) is 0 Å². The quantitative estimate of drug-likeness (QED) is 0.714. The van der Waals surface area contributed by atoms with Gasteiger partial charge in [-0.1, -0.05) is 49.4 Å². The van der Waals surface area contributed by atoms with E-state index >= 15 is 0 Å². The fraction of sp³-hybridized carbons (Fsp3) is 0.222. The molecule has 0 fully saturated rings. The SMILES string of the molecule is CCc1ccc(-n2c(CCc3ccccc3)n[nH]c2=S)cc1. The normalized spacial score (nSPS) is 10.8. The number of rotatable bonds is 5. The molecule has 0 unspecified atom stereocenters. The summed E-state index contributed by atoms with van der Waals surface area (Å²) in [4.78, 5) is 0. The largest absolute Gasteiger partial charge is 0.272 e. The second kappa shape index (κ2) is 6.71. The van der Waals surface area contributed by atoms with Crippen molar-refractivity contribution in [1.29, 1.82) is 0 Å². The molecule has 0 spiro atoms. The van der Waals surface area contributed by atoms with Gasteiger partial charge in [-0.05, 0) is 48.3 Å². The lowest BCUT2D eigenvalue weighted by Crippen LogP contribution is -2.03. The highest BCUT2D eigenvalue weighted by Gasteiger charge is 2.08. The monoisotopic (exact) mass is 309 g/mol. The Morgan fingerprint density at radius 3 is 2.36 bits per heavy atom. The van der Waals surface area contributed by atoms with Crippen molar-refractivity contribution in [3.63, 3.8) is 0 Å². The van der Waals surface area contributed by atoms with Gasteiger partial charge in [0.25, 0.3) is 0 Å². The molecule has 4 heteroatoms. The van der Waals surface area contributed by atoms with Crippen LogP contribution in [0.2, 0.25) is 0 Å². The fourth-order valence-electron chi connectivity index (χ4n) is 2.55. The maximum Gasteiger partial charge on any atom is 0.199 e. The third-order valence-electron chi connectivity index (χ3n) is 3.82. The number of aromatic nitrogens is 3. The number of benzene rings is 2. The second-order valence-electron chi connectivity index (χ2n) is 5.29. The molecule has 3 aromatic rings. The molecule has 0 aliphatic rings. The lowest BCUT2D eigenvalue weighted by molar-refractivity contribution is 0.819. The molecule has 112 valence electrons. The third-order valence-corrected chi connectivity index (χ3v) is 4.10. The standard InChI is InChI=1S/C18H19N3S/c1-2-14-8-11-16(12-9-14)21-17(19-20-18(21)22)13-10-15-6-4-3-5-7-15/h3-9,11-12H,2,10,13H2,1H3,(H,20,22). The van der Waals surface area contributed by atoms with Gasteiger partial charge in [0.05, 0.1) is 0 Å². The minimum Gasteiger partial charge on any atom is -0.272 e. The van der Waals surface area contributed by atoms with Crippen molar-refractivity contribution < 1.29 is 0 Å². The van der Waals surface area contributed by atoms with Crippen LogP contribution < -0.4 is 0 Å². The van der Waals surface area contributed by atoms with Crippen LogP contribution in [0.1, 0.15) is 23.9 Å². The minimum atomic E-state index is 0.646. The van der Waals surface area contributed by atoms with Gasteiger partial charge in [-0.15, -0.1) is 0 Å². The van der Waals surface area contributed by atoms with Gasteiger partial charge in [0.2, 0.25) is 0 Å². The van der Waals surface area contributed by atoms with E-state index in [1.807, 2.05) is 10.6 Å². The Balaban J connectivity index is 1.85. The molecule has 3 rings (SSSR count). The highest BCUT2D eigenvalue weighted by Crippen LogP contribution is 2.14. The number of aromatic amines is 1. The molecular formula is C18H19N3S. The van der Waals surface area contributed by atoms with Crippen molar-refractivity contribution in [2.45, 2.75) is 26.2 Å². The van der Waals surface area contributed by atoms with Gasteiger partial charge in [0.15, 0.2) is 4.77 Å². The first-order valence-corrected chi connectivity index (χ1v) is 7.98. The summed E-state index contributed by atoms with van der Waals surface area (Å²) in [5, 5.41) is 7.31. The fourth-order valence-corrected chi connectivity index (χ4v) is 2.80. The number of nitrogens with one attached hydrogen (secondary N) is 1. The Hall–Kier alpha value is -2.20. The van der Waals surface area contributed by atoms with Crippen LogP contribution in [0.4, 0.5) is 0 Å². The average molecular weight is 309 g/mol. The first-order valence-electron chi connectivity index (χ1n) is 7.57. The van der Waals surface area contributed by atoms with Gasteiger partial charge in [0, 0.05) is 12.1 Å². The summed E-state index contributed by atoms with van der Waals surface area (Å²) in [6.45, 7) is 2.16. The zero-order chi connectivity index (χ0) is 15.4. The molecule has 0 amide bonds. The van der Waals surface area contributed by atoms with E-state index < -0.39 is 0 Å². The first kappa shape index (κ1) is 14.7. The maximum absolute atomic E-state index is 5.39. The third kappa shape index (κ3) is 3.17. The van der Waals surface area contributed by atoms with Gasteiger partial charge < -0.3 is 0 Å². The summed E-state index contributed by atoms with van der Waals surface area (Å²) in [7, 11) is 0. The van der Waals surface area contributed by atoms with Crippen molar-refractivity contribution in [3.8, 4) is 5.69 Å². The lowest BCUT2D eigenvalue weighted by atomic mass is 10.1. The summed E-state index contributed by atoms with van der Waals surface area (Å²) in [5.41, 5.74) is 3.70. The number of aryl methyl sites for hydroxylation is 3. The van der Waals surface area contributed by atoms with Gasteiger partial charge in [0.1, 0.15) is 5.82 Å². The zero-order valence-corrected chi connectivity index (χ0v) is 13.4. The second-order valence-corrected chi connectivity index (χ2v) is 5.67. The highest BCUT2D eigenvalue weighted by atomic mass is 32.1. The van der Waals surface area contributed by atoms with Gasteiger partial charge in [-0.3, -0.25) is 9.67 Å². The molecule has 1 heterocycles. The molecule has 2 aromatic carbocycles. The average Bonchev–Trinajstić information content (AvgIpc) is 2.95. The van der Waals surface area contributed by atoms with Gasteiger partial charge in [-0.25, -0.2) is 0 Å². The van der Waals surface area contributed by atoms with E-state index in [4.69, 9.17) is 12.2 Å². The first-order chi connectivity index (χ1) is 10.8. The van der Waals surface area contributed by atoms with Crippen molar-refractivity contribution >= 4 is 12.2 Å². The molecule has 22 heavy (non-hydrogen) atoms. The van der Waals surface area contributed by atoms with E-state index in [2.05, 4.69) is 65.7 Å². The van der Waals surface area contributed by atoms with Crippen LogP contribution >= 0.6 is 12.2 Å². The minimum absolute atomic E-state index is 0.646. The van der Waals surface area contributed by atoms with Crippen LogP contribution in [-0.4, -0.2) is 14.8 Å². The van der Waals surface area contributed by atoms with Crippen LogP contribution in [0, 0.1) is 4.77 Å². The Morgan fingerprint density at radius 2 is 1.68 bits per heavy atom. The van der Waals surface area contributed by atoms with Gasteiger partial charge in [-0.2, -0.15) is 5.10 Å². The molecule has 0 bridgehead atoms. The topological polar surface area (TPSA) is 33.6 Å². The molecule has 0 saturated heterocycles. The number of H-pyrrole nitrogens is 1. The molecule has 3 nitrogen and oxygen atoms in total. The van der Waals surface area contributed by atoms with E-state index in [0.29, 0.717) is 4.77 Å². The van der Waals surface area contributed by atoms with Crippen molar-refractivity contribution in [3.05, 3.63) is 76.3 Å². The highest BCUT2D eigenvalue weighted by molar-refractivity contribution is 7.71. The predicted molar refractivity (Wildman–Crippen MR) is 92.0 cm³/mol. The van der Waals surface area contributed by atoms with Crippen LogP contribution in [0.3, 0.4) is 0 Å². The molecule has 0 radical (unpaired) electrons. The van der Waals surface area contributed by atoms with Gasteiger partial charge >= 0.3 is 0 Å². The summed E-state index contributed by atoms with van der Waals surface area (Å²) in [6, 6.07) is 19.0. The van der Waals surface area contributed by atoms with Crippen molar-refractivity contribution in [1.82, 2.24) is 14.8 Å². The molecule has 0 aliphatic carbocycles. The van der Waals surface area contributed by atoms with Crippen LogP contribution in [0.15, 0.2) is 54.6 Å². The predicted octanol–water partition coefficient (Wildman–Crippen LogP) is 4.28. The van der Waals surface area contributed by atoms with Crippen LogP contribution in [0.5, 0.6) is 0 Å².